The van der Waals surface area contributed by atoms with Crippen LogP contribution in [0.15, 0.2) is 51.4 Å². The number of rotatable bonds is 5. The lowest BCUT2D eigenvalue weighted by molar-refractivity contribution is 0.102. The average molecular weight is 351 g/mol. The van der Waals surface area contributed by atoms with Crippen LogP contribution in [0.2, 0.25) is 0 Å². The summed E-state index contributed by atoms with van der Waals surface area (Å²) in [7, 11) is 0. The smallest absolute Gasteiger partial charge is 0.277 e. The van der Waals surface area contributed by atoms with Gasteiger partial charge in [0, 0.05) is 12.1 Å². The van der Waals surface area contributed by atoms with Gasteiger partial charge in [-0.2, -0.15) is 10.2 Å². The zero-order chi connectivity index (χ0) is 18.1. The maximum absolute atomic E-state index is 12.5. The first-order valence-electron chi connectivity index (χ1n) is 8.09. The van der Waals surface area contributed by atoms with Gasteiger partial charge in [-0.05, 0) is 38.1 Å². The third-order valence-electron chi connectivity index (χ3n) is 3.88. The van der Waals surface area contributed by atoms with Gasteiger partial charge in [0.05, 0.1) is 6.20 Å². The summed E-state index contributed by atoms with van der Waals surface area (Å²) in [5.74, 6) is 3.23. The van der Waals surface area contributed by atoms with Gasteiger partial charge in [0.1, 0.15) is 35.3 Å². The number of H-pyrrole nitrogens is 1. The molecule has 132 valence electrons. The van der Waals surface area contributed by atoms with Gasteiger partial charge in [0.15, 0.2) is 11.5 Å². The summed E-state index contributed by atoms with van der Waals surface area (Å²) < 4.78 is 12.7. The Balaban J connectivity index is 1.49. The molecule has 4 aromatic rings. The Bertz CT molecular complexity index is 1050. The van der Waals surface area contributed by atoms with Crippen molar-refractivity contribution in [1.82, 2.24) is 20.0 Å². The van der Waals surface area contributed by atoms with Crippen LogP contribution in [0.3, 0.4) is 0 Å². The normalized spacial score (nSPS) is 11.0. The van der Waals surface area contributed by atoms with E-state index >= 15 is 0 Å². The molecule has 0 bridgehead atoms. The molecule has 0 aliphatic rings. The molecule has 0 aliphatic heterocycles. The van der Waals surface area contributed by atoms with Gasteiger partial charge in [-0.3, -0.25) is 9.89 Å². The summed E-state index contributed by atoms with van der Waals surface area (Å²) in [4.78, 5) is 12.5. The molecule has 0 saturated heterocycles. The molecular weight excluding hydrogens is 334 g/mol. The van der Waals surface area contributed by atoms with Gasteiger partial charge in [0.25, 0.3) is 5.91 Å². The molecule has 0 aromatic carbocycles. The lowest BCUT2D eigenvalue weighted by Gasteiger charge is -2.06. The molecule has 0 unspecified atom stereocenters. The summed E-state index contributed by atoms with van der Waals surface area (Å²) in [6.45, 7) is 4.16. The molecule has 0 spiro atoms. The van der Waals surface area contributed by atoms with Gasteiger partial charge >= 0.3 is 0 Å². The quantitative estimate of drug-likeness (QED) is 0.574. The van der Waals surface area contributed by atoms with Crippen LogP contribution in [0.25, 0.3) is 11.5 Å². The highest BCUT2D eigenvalue weighted by molar-refractivity contribution is 6.02. The summed E-state index contributed by atoms with van der Waals surface area (Å²) in [5.41, 5.74) is 0.901. The lowest BCUT2D eigenvalue weighted by atomic mass is 10.3. The number of carbonyl (C=O) groups is 1. The molecule has 4 rings (SSSR count). The Kier molecular flexibility index (Phi) is 3.92. The molecular formula is C18H17N5O3. The van der Waals surface area contributed by atoms with Crippen molar-refractivity contribution in [2.45, 2.75) is 20.4 Å². The molecule has 0 radical (unpaired) electrons. The molecule has 4 aromatic heterocycles. The lowest BCUT2D eigenvalue weighted by Crippen LogP contribution is -2.16. The molecule has 2 N–H and O–H groups in total. The van der Waals surface area contributed by atoms with E-state index in [0.29, 0.717) is 23.8 Å². The number of hydrogen-bond acceptors (Lipinski definition) is 5. The van der Waals surface area contributed by atoms with Crippen molar-refractivity contribution >= 4 is 11.7 Å². The number of nitrogens with zero attached hydrogens (tertiary/aromatic N) is 3. The van der Waals surface area contributed by atoms with E-state index in [2.05, 4.69) is 20.6 Å². The summed E-state index contributed by atoms with van der Waals surface area (Å²) in [6, 6.07) is 10.8. The molecule has 8 nitrogen and oxygen atoms in total. The summed E-state index contributed by atoms with van der Waals surface area (Å²) in [6.07, 6.45) is 1.62. The Hall–Kier alpha value is -3.55. The molecule has 0 atom stereocenters. The van der Waals surface area contributed by atoms with Gasteiger partial charge in [-0.15, -0.1) is 0 Å². The first kappa shape index (κ1) is 15.9. The largest absolute Gasteiger partial charge is 0.464 e. The zero-order valence-electron chi connectivity index (χ0n) is 14.3. The van der Waals surface area contributed by atoms with E-state index in [1.165, 1.54) is 0 Å². The van der Waals surface area contributed by atoms with Gasteiger partial charge in [0.2, 0.25) is 0 Å². The van der Waals surface area contributed by atoms with E-state index in [9.17, 15) is 4.79 Å². The van der Waals surface area contributed by atoms with Crippen LogP contribution < -0.4 is 5.32 Å². The van der Waals surface area contributed by atoms with Crippen molar-refractivity contribution in [3.05, 3.63) is 65.6 Å². The van der Waals surface area contributed by atoms with E-state index in [-0.39, 0.29) is 11.6 Å². The van der Waals surface area contributed by atoms with Crippen molar-refractivity contribution in [3.63, 3.8) is 0 Å². The second-order valence-corrected chi connectivity index (χ2v) is 5.92. The number of anilines is 1. The first-order valence-corrected chi connectivity index (χ1v) is 8.09. The highest BCUT2D eigenvalue weighted by Gasteiger charge is 2.15. The minimum absolute atomic E-state index is 0.260. The van der Waals surface area contributed by atoms with Crippen molar-refractivity contribution in [3.8, 4) is 11.5 Å². The minimum Gasteiger partial charge on any atom is -0.464 e. The number of furan rings is 2. The standard InChI is InChI=1S/C18H17N5O3/c1-11-3-5-13(25-11)10-23-17(7-8-19-23)20-18(24)15-9-14(21-22-15)16-6-4-12(2)26-16/h3-9H,10H2,1-2H3,(H,20,24)(H,21,22). The molecule has 0 saturated carbocycles. The molecule has 0 fully saturated rings. The molecule has 4 heterocycles. The highest BCUT2D eigenvalue weighted by atomic mass is 16.3. The Morgan fingerprint density at radius 2 is 1.96 bits per heavy atom. The van der Waals surface area contributed by atoms with E-state index in [1.807, 2.05) is 38.1 Å². The number of aromatic amines is 1. The number of hydrogen-bond donors (Lipinski definition) is 2. The Morgan fingerprint density at radius 3 is 2.69 bits per heavy atom. The van der Waals surface area contributed by atoms with Crippen LogP contribution in [0.4, 0.5) is 5.82 Å². The van der Waals surface area contributed by atoms with Crippen molar-refractivity contribution < 1.29 is 13.6 Å². The van der Waals surface area contributed by atoms with Gasteiger partial charge in [-0.25, -0.2) is 4.68 Å². The third kappa shape index (κ3) is 3.16. The summed E-state index contributed by atoms with van der Waals surface area (Å²) >= 11 is 0. The Labute approximate surface area is 148 Å². The number of aromatic nitrogens is 4. The molecule has 8 heteroatoms. The zero-order valence-corrected chi connectivity index (χ0v) is 14.3. The van der Waals surface area contributed by atoms with Crippen LogP contribution in [-0.4, -0.2) is 25.9 Å². The van der Waals surface area contributed by atoms with Crippen LogP contribution in [0.1, 0.15) is 27.8 Å². The predicted octanol–water partition coefficient (Wildman–Crippen LogP) is 3.38. The topological polar surface area (TPSA) is 102 Å². The molecule has 1 amide bonds. The fraction of sp³-hybridized carbons (Fsp3) is 0.167. The van der Waals surface area contributed by atoms with Crippen LogP contribution in [-0.2, 0) is 6.54 Å². The van der Waals surface area contributed by atoms with E-state index in [0.717, 1.165) is 17.3 Å². The third-order valence-corrected chi connectivity index (χ3v) is 3.88. The van der Waals surface area contributed by atoms with E-state index < -0.39 is 0 Å². The number of amides is 1. The minimum atomic E-state index is -0.340. The number of carbonyl (C=O) groups excluding carboxylic acids is 1. The SMILES string of the molecule is Cc1ccc(Cn2nccc2NC(=O)c2cc(-c3ccc(C)o3)[nH]n2)o1. The number of aryl methyl sites for hydroxylation is 2. The highest BCUT2D eigenvalue weighted by Crippen LogP contribution is 2.21. The Morgan fingerprint density at radius 1 is 1.15 bits per heavy atom. The maximum atomic E-state index is 12.5. The maximum Gasteiger partial charge on any atom is 0.277 e. The van der Waals surface area contributed by atoms with Crippen LogP contribution in [0, 0.1) is 13.8 Å². The fourth-order valence-corrected chi connectivity index (χ4v) is 2.61. The summed E-state index contributed by atoms with van der Waals surface area (Å²) in [5, 5.41) is 13.9. The van der Waals surface area contributed by atoms with Gasteiger partial charge in [-0.1, -0.05) is 0 Å². The van der Waals surface area contributed by atoms with Crippen molar-refractivity contribution in [1.29, 1.82) is 0 Å². The second kappa shape index (κ2) is 6.40. The number of nitrogens with one attached hydrogen (secondary N) is 2. The monoisotopic (exact) mass is 351 g/mol. The van der Waals surface area contributed by atoms with Crippen LogP contribution in [0.5, 0.6) is 0 Å². The van der Waals surface area contributed by atoms with E-state index in [1.54, 1.807) is 23.0 Å². The van der Waals surface area contributed by atoms with Crippen molar-refractivity contribution in [2.24, 2.45) is 0 Å². The second-order valence-electron chi connectivity index (χ2n) is 5.92. The molecule has 26 heavy (non-hydrogen) atoms. The van der Waals surface area contributed by atoms with E-state index in [4.69, 9.17) is 8.83 Å². The average Bonchev–Trinajstić information content (AvgIpc) is 3.36. The predicted molar refractivity (Wildman–Crippen MR) is 93.8 cm³/mol. The fourth-order valence-electron chi connectivity index (χ4n) is 2.61. The molecule has 0 aliphatic carbocycles. The van der Waals surface area contributed by atoms with Gasteiger partial charge < -0.3 is 14.2 Å². The first-order chi connectivity index (χ1) is 12.6. The van der Waals surface area contributed by atoms with Crippen LogP contribution >= 0.6 is 0 Å². The van der Waals surface area contributed by atoms with Crippen molar-refractivity contribution in [2.75, 3.05) is 5.32 Å².